The minimum Gasteiger partial charge on any atom is -0.493 e. The van der Waals surface area contributed by atoms with Crippen LogP contribution in [0.2, 0.25) is 0 Å². The lowest BCUT2D eigenvalue weighted by Gasteiger charge is -2.21. The molecule has 2 aromatic carbocycles. The number of ether oxygens (including phenoxy) is 2. The summed E-state index contributed by atoms with van der Waals surface area (Å²) in [5.41, 5.74) is 3.81. The van der Waals surface area contributed by atoms with Crippen molar-refractivity contribution in [1.82, 2.24) is 19.7 Å². The minimum atomic E-state index is -0.118. The number of carbonyl (C=O) groups is 1. The Labute approximate surface area is 193 Å². The van der Waals surface area contributed by atoms with Crippen LogP contribution in [0.25, 0.3) is 22.3 Å². The van der Waals surface area contributed by atoms with Gasteiger partial charge in [-0.15, -0.1) is 0 Å². The third-order valence-corrected chi connectivity index (χ3v) is 5.59. The molecule has 0 unspecified atom stereocenters. The molecular weight excluding hydrogens is 416 g/mol. The van der Waals surface area contributed by atoms with Crippen molar-refractivity contribution in [3.8, 4) is 22.8 Å². The topological polar surface area (TPSA) is 69.5 Å². The quantitative estimate of drug-likeness (QED) is 0.403. The van der Waals surface area contributed by atoms with E-state index in [1.807, 2.05) is 73.1 Å². The van der Waals surface area contributed by atoms with E-state index in [-0.39, 0.29) is 11.9 Å². The Morgan fingerprint density at radius 1 is 1.06 bits per heavy atom. The van der Waals surface area contributed by atoms with E-state index in [0.717, 1.165) is 22.2 Å². The first-order chi connectivity index (χ1) is 15.9. The second kappa shape index (κ2) is 9.32. The van der Waals surface area contributed by atoms with Crippen LogP contribution in [0.15, 0.2) is 60.8 Å². The molecule has 2 heterocycles. The van der Waals surface area contributed by atoms with Crippen LogP contribution in [-0.4, -0.2) is 46.8 Å². The van der Waals surface area contributed by atoms with Crippen LogP contribution in [0.3, 0.4) is 0 Å². The monoisotopic (exact) mass is 444 g/mol. The number of rotatable bonds is 7. The van der Waals surface area contributed by atoms with Crippen molar-refractivity contribution < 1.29 is 14.3 Å². The second-order valence-electron chi connectivity index (χ2n) is 8.16. The third-order valence-electron chi connectivity index (χ3n) is 5.59. The van der Waals surface area contributed by atoms with Gasteiger partial charge in [-0.2, -0.15) is 5.10 Å². The largest absolute Gasteiger partial charge is 0.493 e. The maximum Gasteiger partial charge on any atom is 0.254 e. The molecule has 0 spiro atoms. The van der Waals surface area contributed by atoms with Gasteiger partial charge in [0.25, 0.3) is 5.91 Å². The average molecular weight is 445 g/mol. The normalized spacial score (nSPS) is 11.1. The van der Waals surface area contributed by atoms with Crippen LogP contribution in [0, 0.1) is 0 Å². The molecule has 4 aromatic rings. The lowest BCUT2D eigenvalue weighted by atomic mass is 10.1. The van der Waals surface area contributed by atoms with Crippen LogP contribution in [0.4, 0.5) is 0 Å². The van der Waals surface area contributed by atoms with Crippen LogP contribution >= 0.6 is 0 Å². The molecule has 170 valence electrons. The molecule has 7 nitrogen and oxygen atoms in total. The standard InChI is InChI=1S/C26H28N4O3/c1-17(2)30-25-21(15-27-30)20(14-22(28-25)18-10-7-6-8-11-18)26(31)29(3)16-19-12-9-13-23(32-4)24(19)33-5/h6-15,17H,16H2,1-5H3. The number of amides is 1. The fourth-order valence-electron chi connectivity index (χ4n) is 3.94. The summed E-state index contributed by atoms with van der Waals surface area (Å²) in [7, 11) is 4.98. The predicted octanol–water partition coefficient (Wildman–Crippen LogP) is 4.97. The number of methoxy groups -OCH3 is 2. The second-order valence-corrected chi connectivity index (χ2v) is 8.16. The van der Waals surface area contributed by atoms with Crippen molar-refractivity contribution in [2.45, 2.75) is 26.4 Å². The summed E-state index contributed by atoms with van der Waals surface area (Å²) in [6, 6.07) is 17.5. The first-order valence-electron chi connectivity index (χ1n) is 10.8. The molecule has 1 amide bonds. The predicted molar refractivity (Wildman–Crippen MR) is 129 cm³/mol. The van der Waals surface area contributed by atoms with Gasteiger partial charge in [0, 0.05) is 30.8 Å². The average Bonchev–Trinajstić information content (AvgIpc) is 3.27. The van der Waals surface area contributed by atoms with E-state index in [1.54, 1.807) is 32.4 Å². The first-order valence-corrected chi connectivity index (χ1v) is 10.8. The maximum atomic E-state index is 13.7. The zero-order valence-electron chi connectivity index (χ0n) is 19.6. The summed E-state index contributed by atoms with van der Waals surface area (Å²) in [6.45, 7) is 4.46. The molecule has 33 heavy (non-hydrogen) atoms. The van der Waals surface area contributed by atoms with Crippen molar-refractivity contribution in [2.75, 3.05) is 21.3 Å². The minimum absolute atomic E-state index is 0.114. The van der Waals surface area contributed by atoms with Crippen LogP contribution in [0.5, 0.6) is 11.5 Å². The summed E-state index contributed by atoms with van der Waals surface area (Å²) in [5.74, 6) is 1.14. The molecule has 0 fully saturated rings. The number of fused-ring (bicyclic) bond motifs is 1. The number of pyridine rings is 1. The van der Waals surface area contributed by atoms with E-state index in [9.17, 15) is 4.79 Å². The number of para-hydroxylation sites is 1. The highest BCUT2D eigenvalue weighted by Gasteiger charge is 2.22. The van der Waals surface area contributed by atoms with Crippen molar-refractivity contribution in [3.05, 3.63) is 71.9 Å². The highest BCUT2D eigenvalue weighted by Crippen LogP contribution is 2.32. The Bertz CT molecular complexity index is 1280. The fourth-order valence-corrected chi connectivity index (χ4v) is 3.94. The number of benzene rings is 2. The van der Waals surface area contributed by atoms with Gasteiger partial charge in [0.15, 0.2) is 17.1 Å². The number of aromatic nitrogens is 3. The van der Waals surface area contributed by atoms with Gasteiger partial charge in [-0.3, -0.25) is 4.79 Å². The first kappa shape index (κ1) is 22.3. The van der Waals surface area contributed by atoms with Gasteiger partial charge in [0.2, 0.25) is 0 Å². The molecule has 0 aliphatic rings. The summed E-state index contributed by atoms with van der Waals surface area (Å²) >= 11 is 0. The van der Waals surface area contributed by atoms with Gasteiger partial charge >= 0.3 is 0 Å². The highest BCUT2D eigenvalue weighted by molar-refractivity contribution is 6.06. The molecule has 0 aliphatic heterocycles. The molecule has 0 saturated heterocycles. The Hall–Kier alpha value is -3.87. The summed E-state index contributed by atoms with van der Waals surface area (Å²) in [6.07, 6.45) is 1.73. The van der Waals surface area contributed by atoms with E-state index >= 15 is 0 Å². The van der Waals surface area contributed by atoms with Crippen LogP contribution in [-0.2, 0) is 6.54 Å². The van der Waals surface area contributed by atoms with Gasteiger partial charge in [-0.25, -0.2) is 9.67 Å². The van der Waals surface area contributed by atoms with Gasteiger partial charge in [0.05, 0.1) is 37.1 Å². The molecule has 4 rings (SSSR count). The highest BCUT2D eigenvalue weighted by atomic mass is 16.5. The Morgan fingerprint density at radius 3 is 2.48 bits per heavy atom. The number of hydrogen-bond acceptors (Lipinski definition) is 5. The smallest absolute Gasteiger partial charge is 0.254 e. The molecular formula is C26H28N4O3. The van der Waals surface area contributed by atoms with Crippen molar-refractivity contribution >= 4 is 16.9 Å². The Balaban J connectivity index is 1.78. The molecule has 2 aromatic heterocycles. The Morgan fingerprint density at radius 2 is 1.82 bits per heavy atom. The van der Waals surface area contributed by atoms with E-state index in [1.165, 1.54) is 0 Å². The summed E-state index contributed by atoms with van der Waals surface area (Å²) in [4.78, 5) is 20.2. The molecule has 7 heteroatoms. The third kappa shape index (κ3) is 4.26. The molecule has 0 aliphatic carbocycles. The zero-order valence-corrected chi connectivity index (χ0v) is 19.6. The maximum absolute atomic E-state index is 13.7. The van der Waals surface area contributed by atoms with E-state index in [0.29, 0.717) is 29.3 Å². The Kier molecular flexibility index (Phi) is 6.31. The van der Waals surface area contributed by atoms with Gasteiger partial charge in [0.1, 0.15) is 0 Å². The van der Waals surface area contributed by atoms with Gasteiger partial charge in [-0.05, 0) is 26.0 Å². The molecule has 0 atom stereocenters. The van der Waals surface area contributed by atoms with Crippen molar-refractivity contribution in [2.24, 2.45) is 0 Å². The fraction of sp³-hybridized carbons (Fsp3) is 0.269. The van der Waals surface area contributed by atoms with Crippen LogP contribution < -0.4 is 9.47 Å². The zero-order chi connectivity index (χ0) is 23.5. The number of carbonyl (C=O) groups excluding carboxylic acids is 1. The SMILES string of the molecule is COc1cccc(CN(C)C(=O)c2cc(-c3ccccc3)nc3c2cnn3C(C)C)c1OC. The number of hydrogen-bond donors (Lipinski definition) is 0. The van der Waals surface area contributed by atoms with E-state index < -0.39 is 0 Å². The lowest BCUT2D eigenvalue weighted by molar-refractivity contribution is 0.0786. The van der Waals surface area contributed by atoms with Gasteiger partial charge < -0.3 is 14.4 Å². The lowest BCUT2D eigenvalue weighted by Crippen LogP contribution is -2.27. The molecule has 0 N–H and O–H groups in total. The van der Waals surface area contributed by atoms with Crippen molar-refractivity contribution in [3.63, 3.8) is 0 Å². The van der Waals surface area contributed by atoms with E-state index in [4.69, 9.17) is 14.5 Å². The molecule has 0 radical (unpaired) electrons. The summed E-state index contributed by atoms with van der Waals surface area (Å²) < 4.78 is 12.8. The molecule has 0 bridgehead atoms. The van der Waals surface area contributed by atoms with Crippen molar-refractivity contribution in [1.29, 1.82) is 0 Å². The van der Waals surface area contributed by atoms with E-state index in [2.05, 4.69) is 5.10 Å². The van der Waals surface area contributed by atoms with Crippen LogP contribution in [0.1, 0.15) is 35.8 Å². The number of nitrogens with zero attached hydrogens (tertiary/aromatic N) is 4. The van der Waals surface area contributed by atoms with Gasteiger partial charge in [-0.1, -0.05) is 42.5 Å². The molecule has 0 saturated carbocycles. The summed E-state index contributed by atoms with van der Waals surface area (Å²) in [5, 5.41) is 5.25.